The molecule has 1 aliphatic rings. The number of hydrogen-bond donors (Lipinski definition) is 1. The van der Waals surface area contributed by atoms with Gasteiger partial charge in [-0.3, -0.25) is 9.78 Å². The number of aryl methyl sites for hydroxylation is 1. The van der Waals surface area contributed by atoms with Crippen molar-refractivity contribution in [2.24, 2.45) is 7.05 Å². The van der Waals surface area contributed by atoms with Crippen molar-refractivity contribution >= 4 is 10.0 Å². The van der Waals surface area contributed by atoms with Crippen LogP contribution in [0, 0.1) is 0 Å². The first-order chi connectivity index (χ1) is 14.8. The Morgan fingerprint density at radius 2 is 1.90 bits per heavy atom. The van der Waals surface area contributed by atoms with Gasteiger partial charge in [-0.1, -0.05) is 13.8 Å². The zero-order valence-electron chi connectivity index (χ0n) is 17.5. The second-order valence-electron chi connectivity index (χ2n) is 7.77. The summed E-state index contributed by atoms with van der Waals surface area (Å²) >= 11 is 0. The van der Waals surface area contributed by atoms with Crippen LogP contribution in [0.1, 0.15) is 31.6 Å². The van der Waals surface area contributed by atoms with Crippen molar-refractivity contribution in [2.45, 2.75) is 36.9 Å². The van der Waals surface area contributed by atoms with Crippen molar-refractivity contribution < 1.29 is 13.2 Å². The molecule has 10 nitrogen and oxygen atoms in total. The van der Waals surface area contributed by atoms with Crippen LogP contribution in [0.5, 0.6) is 0 Å². The van der Waals surface area contributed by atoms with E-state index in [0.29, 0.717) is 11.5 Å². The highest BCUT2D eigenvalue weighted by Gasteiger charge is 2.36. The third-order valence-electron chi connectivity index (χ3n) is 5.15. The van der Waals surface area contributed by atoms with Crippen LogP contribution in [0.2, 0.25) is 0 Å². The summed E-state index contributed by atoms with van der Waals surface area (Å²) in [7, 11) is -2.15. The standard InChI is InChI=1S/C20H24N6O4S/c1-13(2)20-22-18(10-25(20)3)31(28,29)24-16-11-30-12-17(16)26-19(27)5-4-15(23-26)14-6-8-21-9-7-14/h4-10,13,16-17,24H,11-12H2,1-3H3. The summed E-state index contributed by atoms with van der Waals surface area (Å²) in [6.45, 7) is 4.18. The van der Waals surface area contributed by atoms with Crippen LogP contribution in [0.25, 0.3) is 11.3 Å². The first kappa shape index (κ1) is 21.3. The number of ether oxygens (including phenoxy) is 1. The van der Waals surface area contributed by atoms with E-state index in [-0.39, 0.29) is 29.7 Å². The fraction of sp³-hybridized carbons (Fsp3) is 0.400. The number of rotatable bonds is 6. The van der Waals surface area contributed by atoms with Crippen molar-refractivity contribution in [2.75, 3.05) is 13.2 Å². The lowest BCUT2D eigenvalue weighted by molar-refractivity contribution is 0.182. The third kappa shape index (κ3) is 4.29. The fourth-order valence-corrected chi connectivity index (χ4v) is 4.87. The van der Waals surface area contributed by atoms with Gasteiger partial charge in [0.1, 0.15) is 5.82 Å². The molecule has 0 amide bonds. The van der Waals surface area contributed by atoms with E-state index in [0.717, 1.165) is 5.56 Å². The molecule has 1 N–H and O–H groups in total. The zero-order valence-corrected chi connectivity index (χ0v) is 18.3. The highest BCUT2D eigenvalue weighted by molar-refractivity contribution is 7.89. The number of sulfonamides is 1. The van der Waals surface area contributed by atoms with Crippen LogP contribution in [0.4, 0.5) is 0 Å². The van der Waals surface area contributed by atoms with Crippen LogP contribution in [-0.2, 0) is 21.8 Å². The first-order valence-corrected chi connectivity index (χ1v) is 11.4. The smallest absolute Gasteiger partial charge is 0.267 e. The number of nitrogens with zero attached hydrogens (tertiary/aromatic N) is 5. The van der Waals surface area contributed by atoms with Gasteiger partial charge in [0.05, 0.1) is 31.0 Å². The maximum atomic E-state index is 13.0. The first-order valence-electron chi connectivity index (χ1n) is 9.90. The molecule has 1 saturated heterocycles. The molecule has 4 rings (SSSR count). The van der Waals surface area contributed by atoms with Crippen LogP contribution in [0.15, 0.2) is 52.7 Å². The highest BCUT2D eigenvalue weighted by Crippen LogP contribution is 2.22. The quantitative estimate of drug-likeness (QED) is 0.604. The number of aromatic nitrogens is 5. The molecule has 0 saturated carbocycles. The van der Waals surface area contributed by atoms with Gasteiger partial charge in [-0.15, -0.1) is 0 Å². The average Bonchev–Trinajstić information content (AvgIpc) is 3.35. The summed E-state index contributed by atoms with van der Waals surface area (Å²) in [6.07, 6.45) is 4.76. The summed E-state index contributed by atoms with van der Waals surface area (Å²) in [5.41, 5.74) is 1.05. The highest BCUT2D eigenvalue weighted by atomic mass is 32.2. The molecule has 164 valence electrons. The Balaban J connectivity index is 1.63. The van der Waals surface area contributed by atoms with E-state index in [1.54, 1.807) is 42.2 Å². The van der Waals surface area contributed by atoms with Gasteiger partial charge in [0, 0.05) is 43.2 Å². The predicted octanol–water partition coefficient (Wildman–Crippen LogP) is 1.08. The molecule has 3 aromatic rings. The van der Waals surface area contributed by atoms with E-state index in [4.69, 9.17) is 4.74 Å². The second-order valence-corrected chi connectivity index (χ2v) is 9.43. The topological polar surface area (TPSA) is 121 Å². The Bertz CT molecular complexity index is 1240. The number of nitrogens with one attached hydrogen (secondary N) is 1. The lowest BCUT2D eigenvalue weighted by atomic mass is 10.1. The summed E-state index contributed by atoms with van der Waals surface area (Å²) in [5, 5.41) is 4.40. The number of hydrogen-bond acceptors (Lipinski definition) is 7. The molecule has 0 aliphatic carbocycles. The van der Waals surface area contributed by atoms with E-state index in [1.165, 1.54) is 16.9 Å². The average molecular weight is 445 g/mol. The van der Waals surface area contributed by atoms with E-state index in [9.17, 15) is 13.2 Å². The zero-order chi connectivity index (χ0) is 22.2. The summed E-state index contributed by atoms with van der Waals surface area (Å²) in [5.74, 6) is 0.748. The molecule has 0 radical (unpaired) electrons. The largest absolute Gasteiger partial charge is 0.377 e. The minimum Gasteiger partial charge on any atom is -0.377 e. The van der Waals surface area contributed by atoms with Gasteiger partial charge < -0.3 is 9.30 Å². The van der Waals surface area contributed by atoms with Crippen LogP contribution < -0.4 is 10.3 Å². The van der Waals surface area contributed by atoms with Crippen molar-refractivity contribution in [1.82, 2.24) is 29.0 Å². The van der Waals surface area contributed by atoms with Gasteiger partial charge in [-0.05, 0) is 18.2 Å². The van der Waals surface area contributed by atoms with Crippen molar-refractivity contribution in [3.63, 3.8) is 0 Å². The summed E-state index contributed by atoms with van der Waals surface area (Å²) in [4.78, 5) is 20.8. The molecular weight excluding hydrogens is 420 g/mol. The summed E-state index contributed by atoms with van der Waals surface area (Å²) < 4.78 is 37.1. The van der Waals surface area contributed by atoms with Gasteiger partial charge in [0.15, 0.2) is 5.03 Å². The van der Waals surface area contributed by atoms with Crippen molar-refractivity contribution in [3.05, 3.63) is 59.0 Å². The SMILES string of the molecule is CC(C)c1nc(S(=O)(=O)NC2COCC2n2nc(-c3ccncc3)ccc2=O)cn1C. The van der Waals surface area contributed by atoms with Gasteiger partial charge in [-0.2, -0.15) is 5.10 Å². The molecule has 1 aliphatic heterocycles. The Hall–Kier alpha value is -2.89. The van der Waals surface area contributed by atoms with Crippen LogP contribution in [0.3, 0.4) is 0 Å². The van der Waals surface area contributed by atoms with Crippen LogP contribution >= 0.6 is 0 Å². The monoisotopic (exact) mass is 444 g/mol. The molecule has 0 aromatic carbocycles. The fourth-order valence-electron chi connectivity index (χ4n) is 3.61. The normalized spacial score (nSPS) is 19.2. The lowest BCUT2D eigenvalue weighted by Gasteiger charge is -2.20. The molecular formula is C20H24N6O4S. The molecule has 31 heavy (non-hydrogen) atoms. The molecule has 0 spiro atoms. The molecule has 2 atom stereocenters. The molecule has 0 bridgehead atoms. The number of imidazole rings is 1. The molecule has 2 unspecified atom stereocenters. The van der Waals surface area contributed by atoms with Crippen LogP contribution in [-0.4, -0.2) is 52.0 Å². The summed E-state index contributed by atoms with van der Waals surface area (Å²) in [6, 6.07) is 5.38. The molecule has 1 fully saturated rings. The van der Waals surface area contributed by atoms with Crippen molar-refractivity contribution in [3.8, 4) is 11.3 Å². The van der Waals surface area contributed by atoms with Gasteiger partial charge in [0.25, 0.3) is 15.6 Å². The molecule has 4 heterocycles. The lowest BCUT2D eigenvalue weighted by Crippen LogP contribution is -2.44. The van der Waals surface area contributed by atoms with Crippen molar-refractivity contribution in [1.29, 1.82) is 0 Å². The maximum Gasteiger partial charge on any atom is 0.267 e. The van der Waals surface area contributed by atoms with E-state index < -0.39 is 22.1 Å². The Kier molecular flexibility index (Phi) is 5.73. The number of pyridine rings is 1. The third-order valence-corrected chi connectivity index (χ3v) is 6.51. The Morgan fingerprint density at radius 1 is 1.16 bits per heavy atom. The van der Waals surface area contributed by atoms with Gasteiger partial charge in [0.2, 0.25) is 0 Å². The second kappa shape index (κ2) is 8.33. The Morgan fingerprint density at radius 3 is 2.58 bits per heavy atom. The van der Waals surface area contributed by atoms with E-state index >= 15 is 0 Å². The molecule has 11 heteroatoms. The minimum absolute atomic E-state index is 0.0600. The predicted molar refractivity (Wildman–Crippen MR) is 113 cm³/mol. The molecule has 3 aromatic heterocycles. The van der Waals surface area contributed by atoms with E-state index in [2.05, 4.69) is 19.8 Å². The minimum atomic E-state index is -3.91. The Labute approximate surface area is 180 Å². The maximum absolute atomic E-state index is 13.0. The van der Waals surface area contributed by atoms with Gasteiger partial charge in [-0.25, -0.2) is 22.8 Å². The van der Waals surface area contributed by atoms with E-state index in [1.807, 2.05) is 13.8 Å². The van der Waals surface area contributed by atoms with Gasteiger partial charge >= 0.3 is 0 Å².